The van der Waals surface area contributed by atoms with Gasteiger partial charge in [-0.2, -0.15) is 0 Å². The van der Waals surface area contributed by atoms with Crippen LogP contribution in [-0.4, -0.2) is 17.1 Å². The number of benzene rings is 4. The zero-order chi connectivity index (χ0) is 31.0. The molecule has 44 heavy (non-hydrogen) atoms. The van der Waals surface area contributed by atoms with Crippen LogP contribution in [0.5, 0.6) is 5.75 Å². The van der Waals surface area contributed by atoms with E-state index in [1.54, 1.807) is 26.0 Å². The first kappa shape index (κ1) is 30.7. The molecular formula is C34H25FI2N2O4S. The summed E-state index contributed by atoms with van der Waals surface area (Å²) >= 11 is 5.76. The molecule has 222 valence electrons. The SMILES string of the molecule is CCOC(=O)C1=C(C)N=c2s/c(=C\c3cc(I)c(OCc4cccc5ccccc45)c(I)c3)c(=O)n2[C@H]1c1ccc(F)cc1. The molecule has 6 nitrogen and oxygen atoms in total. The Labute approximate surface area is 283 Å². The van der Waals surface area contributed by atoms with Gasteiger partial charge in [0.15, 0.2) is 4.80 Å². The van der Waals surface area contributed by atoms with E-state index in [4.69, 9.17) is 9.47 Å². The minimum absolute atomic E-state index is 0.176. The summed E-state index contributed by atoms with van der Waals surface area (Å²) in [5.74, 6) is -0.183. The Morgan fingerprint density at radius 1 is 1.05 bits per heavy atom. The van der Waals surface area contributed by atoms with Crippen LogP contribution in [0.3, 0.4) is 0 Å². The van der Waals surface area contributed by atoms with Gasteiger partial charge < -0.3 is 9.47 Å². The molecule has 1 aliphatic heterocycles. The molecule has 2 heterocycles. The molecule has 0 saturated heterocycles. The summed E-state index contributed by atoms with van der Waals surface area (Å²) in [4.78, 5) is 32.0. The van der Waals surface area contributed by atoms with Crippen molar-refractivity contribution in [3.8, 4) is 5.75 Å². The molecule has 0 radical (unpaired) electrons. The van der Waals surface area contributed by atoms with Crippen molar-refractivity contribution >= 4 is 79.3 Å². The second-order valence-electron chi connectivity index (χ2n) is 10.1. The normalized spacial score (nSPS) is 14.8. The minimum atomic E-state index is -0.793. The molecule has 1 atom stereocenters. The largest absolute Gasteiger partial charge is 0.487 e. The van der Waals surface area contributed by atoms with Crippen LogP contribution in [0.4, 0.5) is 4.39 Å². The van der Waals surface area contributed by atoms with Crippen molar-refractivity contribution in [2.24, 2.45) is 4.99 Å². The minimum Gasteiger partial charge on any atom is -0.487 e. The van der Waals surface area contributed by atoms with Crippen LogP contribution in [0, 0.1) is 13.0 Å². The van der Waals surface area contributed by atoms with E-state index in [9.17, 15) is 14.0 Å². The van der Waals surface area contributed by atoms with Crippen molar-refractivity contribution in [2.75, 3.05) is 6.61 Å². The third-order valence-electron chi connectivity index (χ3n) is 7.27. The molecule has 1 aliphatic rings. The van der Waals surface area contributed by atoms with Gasteiger partial charge in [0.2, 0.25) is 0 Å². The first-order valence-electron chi connectivity index (χ1n) is 13.8. The molecule has 0 N–H and O–H groups in total. The van der Waals surface area contributed by atoms with Crippen molar-refractivity contribution in [1.82, 2.24) is 4.57 Å². The zero-order valence-electron chi connectivity index (χ0n) is 23.6. The lowest BCUT2D eigenvalue weighted by Gasteiger charge is -2.24. The number of thiazole rings is 1. The van der Waals surface area contributed by atoms with Gasteiger partial charge in [-0.15, -0.1) is 0 Å². The van der Waals surface area contributed by atoms with Gasteiger partial charge >= 0.3 is 5.97 Å². The van der Waals surface area contributed by atoms with Crippen molar-refractivity contribution in [3.05, 3.63) is 139 Å². The molecule has 0 saturated carbocycles. The van der Waals surface area contributed by atoms with Crippen LogP contribution >= 0.6 is 56.5 Å². The predicted molar refractivity (Wildman–Crippen MR) is 187 cm³/mol. The molecule has 5 aromatic rings. The summed E-state index contributed by atoms with van der Waals surface area (Å²) < 4.78 is 29.2. The fraction of sp³-hybridized carbons (Fsp3) is 0.147. The molecule has 6 rings (SSSR count). The number of carbonyl (C=O) groups is 1. The van der Waals surface area contributed by atoms with E-state index in [1.165, 1.54) is 33.4 Å². The molecule has 0 unspecified atom stereocenters. The zero-order valence-corrected chi connectivity index (χ0v) is 28.8. The molecule has 0 amide bonds. The van der Waals surface area contributed by atoms with Crippen LogP contribution < -0.4 is 19.6 Å². The van der Waals surface area contributed by atoms with Gasteiger partial charge in [-0.3, -0.25) is 9.36 Å². The van der Waals surface area contributed by atoms with E-state index in [0.29, 0.717) is 27.2 Å². The summed E-state index contributed by atoms with van der Waals surface area (Å²) in [6.07, 6.45) is 1.83. The molecule has 0 fully saturated rings. The van der Waals surface area contributed by atoms with Crippen LogP contribution in [0.15, 0.2) is 99.9 Å². The Morgan fingerprint density at radius 2 is 1.75 bits per heavy atom. The van der Waals surface area contributed by atoms with E-state index in [0.717, 1.165) is 29.4 Å². The van der Waals surface area contributed by atoms with E-state index in [2.05, 4.69) is 74.4 Å². The fourth-order valence-electron chi connectivity index (χ4n) is 5.27. The average Bonchev–Trinajstić information content (AvgIpc) is 3.30. The molecule has 0 spiro atoms. The highest BCUT2D eigenvalue weighted by molar-refractivity contribution is 14.1. The number of nitrogens with zero attached hydrogens (tertiary/aromatic N) is 2. The summed E-state index contributed by atoms with van der Waals surface area (Å²) in [6, 6.07) is 23.4. The van der Waals surface area contributed by atoms with E-state index < -0.39 is 17.8 Å². The monoisotopic (exact) mass is 830 g/mol. The second kappa shape index (κ2) is 12.9. The van der Waals surface area contributed by atoms with E-state index >= 15 is 0 Å². The average molecular weight is 830 g/mol. The number of hydrogen-bond acceptors (Lipinski definition) is 6. The van der Waals surface area contributed by atoms with Gasteiger partial charge in [-0.25, -0.2) is 14.2 Å². The highest BCUT2D eigenvalue weighted by Crippen LogP contribution is 2.32. The first-order valence-corrected chi connectivity index (χ1v) is 16.8. The van der Waals surface area contributed by atoms with Gasteiger partial charge in [0.1, 0.15) is 18.2 Å². The Kier molecular flexibility index (Phi) is 9.01. The smallest absolute Gasteiger partial charge is 0.338 e. The lowest BCUT2D eigenvalue weighted by Crippen LogP contribution is -2.39. The number of aromatic nitrogens is 1. The maximum absolute atomic E-state index is 13.9. The van der Waals surface area contributed by atoms with E-state index in [-0.39, 0.29) is 17.7 Å². The highest BCUT2D eigenvalue weighted by Gasteiger charge is 2.33. The lowest BCUT2D eigenvalue weighted by molar-refractivity contribution is -0.139. The lowest BCUT2D eigenvalue weighted by atomic mass is 9.96. The van der Waals surface area contributed by atoms with Crippen LogP contribution in [0.25, 0.3) is 16.8 Å². The molecule has 0 aliphatic carbocycles. The van der Waals surface area contributed by atoms with Gasteiger partial charge in [0.05, 0.1) is 35.6 Å². The number of rotatable bonds is 7. The number of esters is 1. The third-order valence-corrected chi connectivity index (χ3v) is 9.86. The van der Waals surface area contributed by atoms with Crippen molar-refractivity contribution in [1.29, 1.82) is 0 Å². The summed E-state index contributed by atoms with van der Waals surface area (Å²) in [6.45, 7) is 4.05. The molecule has 4 aromatic carbocycles. The molecule has 10 heteroatoms. The maximum Gasteiger partial charge on any atom is 0.338 e. The predicted octanol–water partition coefficient (Wildman–Crippen LogP) is 6.88. The van der Waals surface area contributed by atoms with Gasteiger partial charge in [-0.1, -0.05) is 65.9 Å². The Hall–Kier alpha value is -3.36. The Morgan fingerprint density at radius 3 is 2.48 bits per heavy atom. The van der Waals surface area contributed by atoms with E-state index in [1.807, 2.05) is 36.4 Å². The number of fused-ring (bicyclic) bond motifs is 2. The number of carbonyl (C=O) groups excluding carboxylic acids is 1. The summed E-state index contributed by atoms with van der Waals surface area (Å²) in [7, 11) is 0. The second-order valence-corrected chi connectivity index (χ2v) is 13.4. The molecular weight excluding hydrogens is 805 g/mol. The number of hydrogen-bond donors (Lipinski definition) is 0. The highest BCUT2D eigenvalue weighted by atomic mass is 127. The van der Waals surface area contributed by atoms with Gasteiger partial charge in [-0.05, 0) is 117 Å². The maximum atomic E-state index is 13.9. The summed E-state index contributed by atoms with van der Waals surface area (Å²) in [5, 5.41) is 2.33. The third kappa shape index (κ3) is 5.98. The molecule has 1 aromatic heterocycles. The fourth-order valence-corrected chi connectivity index (χ4v) is 8.45. The topological polar surface area (TPSA) is 69.9 Å². The molecule has 0 bridgehead atoms. The summed E-state index contributed by atoms with van der Waals surface area (Å²) in [5.41, 5.74) is 2.96. The van der Waals surface area contributed by atoms with Gasteiger partial charge in [0.25, 0.3) is 5.56 Å². The van der Waals surface area contributed by atoms with Crippen molar-refractivity contribution in [2.45, 2.75) is 26.5 Å². The van der Waals surface area contributed by atoms with Crippen molar-refractivity contribution in [3.63, 3.8) is 0 Å². The number of ether oxygens (including phenoxy) is 2. The van der Waals surface area contributed by atoms with Crippen LogP contribution in [0.2, 0.25) is 0 Å². The van der Waals surface area contributed by atoms with Crippen LogP contribution in [0.1, 0.15) is 36.6 Å². The number of allylic oxidation sites excluding steroid dienone is 1. The van der Waals surface area contributed by atoms with Crippen LogP contribution in [-0.2, 0) is 16.1 Å². The quantitative estimate of drug-likeness (QED) is 0.133. The Balaban J connectivity index is 1.37. The van der Waals surface area contributed by atoms with Crippen molar-refractivity contribution < 1.29 is 18.7 Å². The first-order chi connectivity index (χ1) is 21.2. The Bertz CT molecular complexity index is 2110. The van der Waals surface area contributed by atoms with Gasteiger partial charge in [0, 0.05) is 0 Å². The number of halogens is 3. The standard InChI is InChI=1S/C34H25FI2N2O4S/c1-3-42-33(41)29-19(2)38-34-39(30(29)22-11-13-24(35)14-12-22)32(40)28(44-34)17-20-15-26(36)31(27(37)16-20)43-18-23-9-6-8-21-7-4-5-10-25(21)23/h4-17,30H,3,18H2,1-2H3/b28-17-/t30-/m0/s1.